The Morgan fingerprint density at radius 2 is 2.05 bits per heavy atom. The van der Waals surface area contributed by atoms with Gasteiger partial charge < -0.3 is 15.0 Å². The maximum atomic E-state index is 9.29. The van der Waals surface area contributed by atoms with E-state index in [0.29, 0.717) is 37.6 Å². The van der Waals surface area contributed by atoms with E-state index in [1.54, 1.807) is 0 Å². The first kappa shape index (κ1) is 15.3. The molecule has 114 valence electrons. The second-order valence-electron chi connectivity index (χ2n) is 4.95. The molecule has 0 unspecified atom stereocenters. The summed E-state index contributed by atoms with van der Waals surface area (Å²) in [7, 11) is 0. The predicted octanol–water partition coefficient (Wildman–Crippen LogP) is 0.836. The molecule has 0 saturated carbocycles. The lowest BCUT2D eigenvalue weighted by molar-refractivity contribution is 0.122. The molecule has 1 aliphatic heterocycles. The van der Waals surface area contributed by atoms with Crippen LogP contribution in [0.4, 0.5) is 17.8 Å². The molecule has 0 amide bonds. The van der Waals surface area contributed by atoms with Gasteiger partial charge >= 0.3 is 0 Å². The van der Waals surface area contributed by atoms with Crippen LogP contribution in [0.15, 0.2) is 0 Å². The smallest absolute Gasteiger partial charge is 0.245 e. The third-order valence-corrected chi connectivity index (χ3v) is 3.08. The van der Waals surface area contributed by atoms with Crippen LogP contribution in [0.1, 0.15) is 20.8 Å². The number of rotatable bonds is 5. The number of ether oxygens (including phenoxy) is 1. The Labute approximate surface area is 124 Å². The number of nitrogens with zero attached hydrogens (tertiary/aromatic N) is 6. The normalized spacial score (nSPS) is 14.9. The number of nitriles is 1. The third-order valence-electron chi connectivity index (χ3n) is 3.08. The Bertz CT molecular complexity index is 508. The van der Waals surface area contributed by atoms with Crippen molar-refractivity contribution in [1.82, 2.24) is 15.0 Å². The number of anilines is 3. The van der Waals surface area contributed by atoms with Crippen molar-refractivity contribution in [2.75, 3.05) is 48.0 Å². The molecule has 1 aromatic rings. The Balaban J connectivity index is 2.35. The topological polar surface area (TPSA) is 90.2 Å². The van der Waals surface area contributed by atoms with Crippen molar-refractivity contribution < 1.29 is 4.74 Å². The van der Waals surface area contributed by atoms with Crippen molar-refractivity contribution in [1.29, 1.82) is 5.26 Å². The van der Waals surface area contributed by atoms with Crippen LogP contribution in [0.5, 0.6) is 0 Å². The minimum Gasteiger partial charge on any atom is -0.378 e. The minimum atomic E-state index is -0.00980. The highest BCUT2D eigenvalue weighted by Crippen LogP contribution is 2.18. The summed E-state index contributed by atoms with van der Waals surface area (Å²) in [4.78, 5) is 16.7. The fourth-order valence-electron chi connectivity index (χ4n) is 1.99. The first-order valence-electron chi connectivity index (χ1n) is 7.17. The fourth-order valence-corrected chi connectivity index (χ4v) is 1.99. The zero-order chi connectivity index (χ0) is 15.2. The number of hydrogen-bond donors (Lipinski definition) is 1. The van der Waals surface area contributed by atoms with Crippen LogP contribution >= 0.6 is 0 Å². The van der Waals surface area contributed by atoms with Gasteiger partial charge in [0.25, 0.3) is 0 Å². The number of nitrogens with one attached hydrogen (secondary N) is 1. The van der Waals surface area contributed by atoms with Crippen LogP contribution in [0.3, 0.4) is 0 Å². The van der Waals surface area contributed by atoms with Gasteiger partial charge in [-0.05, 0) is 20.8 Å². The number of aromatic nitrogens is 3. The van der Waals surface area contributed by atoms with E-state index in [1.807, 2.05) is 25.7 Å². The van der Waals surface area contributed by atoms with Crippen molar-refractivity contribution in [3.63, 3.8) is 0 Å². The fraction of sp³-hybridized carbons (Fsp3) is 0.692. The lowest BCUT2D eigenvalue weighted by Crippen LogP contribution is -2.38. The number of hydrogen-bond acceptors (Lipinski definition) is 8. The lowest BCUT2D eigenvalue weighted by atomic mass is 10.3. The van der Waals surface area contributed by atoms with Crippen LogP contribution in [0.2, 0.25) is 0 Å². The molecule has 0 atom stereocenters. The highest BCUT2D eigenvalue weighted by molar-refractivity contribution is 5.48. The summed E-state index contributed by atoms with van der Waals surface area (Å²) < 4.78 is 5.34. The van der Waals surface area contributed by atoms with Gasteiger partial charge in [-0.2, -0.15) is 20.2 Å². The lowest BCUT2D eigenvalue weighted by Gasteiger charge is -2.28. The van der Waals surface area contributed by atoms with Gasteiger partial charge in [0, 0.05) is 25.7 Å². The summed E-state index contributed by atoms with van der Waals surface area (Å²) in [5.74, 6) is 1.45. The Morgan fingerprint density at radius 3 is 2.62 bits per heavy atom. The number of morpholine rings is 1. The van der Waals surface area contributed by atoms with Crippen LogP contribution in [0, 0.1) is 11.5 Å². The van der Waals surface area contributed by atoms with Crippen molar-refractivity contribution in [3.8, 4) is 6.19 Å². The monoisotopic (exact) mass is 291 g/mol. The maximum Gasteiger partial charge on any atom is 0.245 e. The van der Waals surface area contributed by atoms with Crippen molar-refractivity contribution in [2.45, 2.75) is 26.8 Å². The summed E-state index contributed by atoms with van der Waals surface area (Å²) in [6, 6.07) is -0.00980. The Hall–Kier alpha value is -2.14. The molecular weight excluding hydrogens is 270 g/mol. The first-order valence-corrected chi connectivity index (χ1v) is 7.17. The largest absolute Gasteiger partial charge is 0.378 e. The molecule has 21 heavy (non-hydrogen) atoms. The van der Waals surface area contributed by atoms with Gasteiger partial charge in [-0.3, -0.25) is 0 Å². The zero-order valence-electron chi connectivity index (χ0n) is 12.7. The standard InChI is InChI=1S/C13H21N7O/c1-4-15-11-16-12(19-5-7-21-8-6-19)18-13(17-11)20(9-14)10(2)3/h10H,4-8H2,1-3H3,(H,15,16,17,18). The van der Waals surface area contributed by atoms with Gasteiger partial charge in [0.2, 0.25) is 17.8 Å². The Kier molecular flexibility index (Phi) is 5.11. The van der Waals surface area contributed by atoms with Crippen LogP contribution in [0.25, 0.3) is 0 Å². The van der Waals surface area contributed by atoms with E-state index in [1.165, 1.54) is 4.90 Å². The average molecular weight is 291 g/mol. The molecule has 0 radical (unpaired) electrons. The molecule has 2 heterocycles. The van der Waals surface area contributed by atoms with Gasteiger partial charge in [0.15, 0.2) is 6.19 Å². The molecule has 1 aliphatic rings. The molecular formula is C13H21N7O. The quantitative estimate of drug-likeness (QED) is 0.630. The molecule has 0 aliphatic carbocycles. The molecule has 0 spiro atoms. The van der Waals surface area contributed by atoms with Crippen molar-refractivity contribution in [2.24, 2.45) is 0 Å². The maximum absolute atomic E-state index is 9.29. The summed E-state index contributed by atoms with van der Waals surface area (Å²) in [5.41, 5.74) is 0. The van der Waals surface area contributed by atoms with E-state index in [9.17, 15) is 5.26 Å². The molecule has 1 N–H and O–H groups in total. The third kappa shape index (κ3) is 3.70. The van der Waals surface area contributed by atoms with Gasteiger partial charge in [-0.25, -0.2) is 4.90 Å². The molecule has 0 bridgehead atoms. The van der Waals surface area contributed by atoms with E-state index in [-0.39, 0.29) is 6.04 Å². The average Bonchev–Trinajstić information content (AvgIpc) is 2.48. The summed E-state index contributed by atoms with van der Waals surface area (Å²) in [5, 5.41) is 12.4. The zero-order valence-corrected chi connectivity index (χ0v) is 12.7. The van der Waals surface area contributed by atoms with Crippen LogP contribution in [-0.4, -0.2) is 53.8 Å². The second-order valence-corrected chi connectivity index (χ2v) is 4.95. The summed E-state index contributed by atoms with van der Waals surface area (Å²) in [6.07, 6.45) is 2.13. The first-order chi connectivity index (χ1) is 10.2. The van der Waals surface area contributed by atoms with E-state index in [4.69, 9.17) is 4.74 Å². The Morgan fingerprint density at radius 1 is 1.33 bits per heavy atom. The van der Waals surface area contributed by atoms with Crippen LogP contribution in [-0.2, 0) is 4.74 Å². The van der Waals surface area contributed by atoms with Gasteiger partial charge in [0.1, 0.15) is 0 Å². The van der Waals surface area contributed by atoms with E-state index >= 15 is 0 Å². The molecule has 2 rings (SSSR count). The van der Waals surface area contributed by atoms with Crippen molar-refractivity contribution in [3.05, 3.63) is 0 Å². The molecule has 8 nitrogen and oxygen atoms in total. The SMILES string of the molecule is CCNc1nc(N2CCOCC2)nc(N(C#N)C(C)C)n1. The molecule has 1 fully saturated rings. The molecule has 0 aromatic carbocycles. The van der Waals surface area contributed by atoms with E-state index < -0.39 is 0 Å². The second kappa shape index (κ2) is 7.04. The molecule has 8 heteroatoms. The molecule has 1 saturated heterocycles. The summed E-state index contributed by atoms with van der Waals surface area (Å²) in [6.45, 7) is 9.32. The predicted molar refractivity (Wildman–Crippen MR) is 80.3 cm³/mol. The van der Waals surface area contributed by atoms with E-state index in [0.717, 1.165) is 13.1 Å². The van der Waals surface area contributed by atoms with Gasteiger partial charge in [0.05, 0.1) is 13.2 Å². The summed E-state index contributed by atoms with van der Waals surface area (Å²) >= 11 is 0. The van der Waals surface area contributed by atoms with Gasteiger partial charge in [-0.15, -0.1) is 0 Å². The van der Waals surface area contributed by atoms with Crippen molar-refractivity contribution >= 4 is 17.8 Å². The van der Waals surface area contributed by atoms with Gasteiger partial charge in [-0.1, -0.05) is 0 Å². The highest BCUT2D eigenvalue weighted by Gasteiger charge is 2.20. The molecule has 1 aromatic heterocycles. The highest BCUT2D eigenvalue weighted by atomic mass is 16.5. The van der Waals surface area contributed by atoms with Crippen LogP contribution < -0.4 is 15.1 Å². The minimum absolute atomic E-state index is 0.00980. The van der Waals surface area contributed by atoms with E-state index in [2.05, 4.69) is 26.5 Å².